The van der Waals surface area contributed by atoms with Crippen molar-refractivity contribution < 1.29 is 9.59 Å². The van der Waals surface area contributed by atoms with Crippen LogP contribution < -0.4 is 5.32 Å². The maximum Gasteiger partial charge on any atom is 0.234 e. The number of amides is 2. The number of rotatable bonds is 2. The normalized spacial score (nSPS) is 22.6. The van der Waals surface area contributed by atoms with E-state index >= 15 is 0 Å². The number of carbonyl (C=O) groups is 2. The van der Waals surface area contributed by atoms with Gasteiger partial charge in [-0.15, -0.1) is 11.3 Å². The molecule has 0 saturated carbocycles. The van der Waals surface area contributed by atoms with E-state index in [-0.39, 0.29) is 23.7 Å². The number of imide groups is 1. The third-order valence-corrected chi connectivity index (χ3v) is 4.60. The van der Waals surface area contributed by atoms with Gasteiger partial charge in [0.2, 0.25) is 11.8 Å². The van der Waals surface area contributed by atoms with Gasteiger partial charge in [-0.05, 0) is 18.1 Å². The zero-order valence-electron chi connectivity index (χ0n) is 11.0. The van der Waals surface area contributed by atoms with E-state index in [2.05, 4.69) is 10.3 Å². The fourth-order valence-electron chi connectivity index (χ4n) is 2.73. The quantitative estimate of drug-likeness (QED) is 0.862. The van der Waals surface area contributed by atoms with E-state index in [9.17, 15) is 9.59 Å². The summed E-state index contributed by atoms with van der Waals surface area (Å²) in [6.45, 7) is 1.99. The van der Waals surface area contributed by atoms with Gasteiger partial charge in [0.05, 0.1) is 11.4 Å². The molecule has 2 atom stereocenters. The lowest BCUT2D eigenvalue weighted by Crippen LogP contribution is -2.43. The highest BCUT2D eigenvalue weighted by Crippen LogP contribution is 2.40. The molecule has 2 amide bonds. The molecule has 1 aromatic carbocycles. The summed E-state index contributed by atoms with van der Waals surface area (Å²) in [4.78, 5) is 29.1. The molecule has 4 nitrogen and oxygen atoms in total. The molecule has 1 fully saturated rings. The molecule has 1 aliphatic heterocycles. The first-order valence-electron chi connectivity index (χ1n) is 6.44. The van der Waals surface area contributed by atoms with Gasteiger partial charge in [-0.3, -0.25) is 19.9 Å². The SMILES string of the molecule is Cc1ccccc1C1C(=O)NC(=O)CC1c1cncs1. The van der Waals surface area contributed by atoms with Crippen molar-refractivity contribution in [2.24, 2.45) is 0 Å². The van der Waals surface area contributed by atoms with Gasteiger partial charge in [-0.1, -0.05) is 24.3 Å². The van der Waals surface area contributed by atoms with E-state index in [4.69, 9.17) is 0 Å². The zero-order valence-corrected chi connectivity index (χ0v) is 11.8. The fourth-order valence-corrected chi connectivity index (χ4v) is 3.49. The minimum Gasteiger partial charge on any atom is -0.296 e. The molecule has 20 heavy (non-hydrogen) atoms. The van der Waals surface area contributed by atoms with Gasteiger partial charge in [-0.25, -0.2) is 0 Å². The molecule has 102 valence electrons. The maximum atomic E-state index is 12.3. The van der Waals surface area contributed by atoms with Gasteiger partial charge in [0.1, 0.15) is 0 Å². The van der Waals surface area contributed by atoms with E-state index in [1.54, 1.807) is 11.7 Å². The number of nitrogens with zero attached hydrogens (tertiary/aromatic N) is 1. The van der Waals surface area contributed by atoms with E-state index in [0.29, 0.717) is 6.42 Å². The molecular weight excluding hydrogens is 272 g/mol. The van der Waals surface area contributed by atoms with Crippen molar-refractivity contribution in [3.63, 3.8) is 0 Å². The molecule has 2 heterocycles. The molecule has 3 rings (SSSR count). The number of aromatic nitrogens is 1. The Morgan fingerprint density at radius 1 is 1.30 bits per heavy atom. The lowest BCUT2D eigenvalue weighted by atomic mass is 9.78. The van der Waals surface area contributed by atoms with Crippen molar-refractivity contribution in [1.82, 2.24) is 10.3 Å². The highest BCUT2D eigenvalue weighted by Gasteiger charge is 2.39. The average molecular weight is 286 g/mol. The van der Waals surface area contributed by atoms with Crippen LogP contribution in [0.4, 0.5) is 0 Å². The van der Waals surface area contributed by atoms with Crippen molar-refractivity contribution in [2.45, 2.75) is 25.2 Å². The van der Waals surface area contributed by atoms with Crippen LogP contribution in [0, 0.1) is 6.92 Å². The average Bonchev–Trinajstić information content (AvgIpc) is 2.93. The van der Waals surface area contributed by atoms with Gasteiger partial charge in [0.25, 0.3) is 0 Å². The van der Waals surface area contributed by atoms with Gasteiger partial charge in [0.15, 0.2) is 0 Å². The minimum absolute atomic E-state index is 0.121. The molecule has 0 bridgehead atoms. The van der Waals surface area contributed by atoms with Gasteiger partial charge in [0, 0.05) is 23.4 Å². The highest BCUT2D eigenvalue weighted by atomic mass is 32.1. The Morgan fingerprint density at radius 2 is 2.10 bits per heavy atom. The molecular formula is C15H14N2O2S. The second-order valence-electron chi connectivity index (χ2n) is 4.96. The summed E-state index contributed by atoms with van der Waals surface area (Å²) in [6, 6.07) is 7.83. The molecule has 0 aliphatic carbocycles. The number of aryl methyl sites for hydroxylation is 1. The molecule has 2 aromatic rings. The molecule has 2 unspecified atom stereocenters. The van der Waals surface area contributed by atoms with Crippen molar-refractivity contribution in [1.29, 1.82) is 0 Å². The van der Waals surface area contributed by atoms with Crippen LogP contribution in [0.15, 0.2) is 36.0 Å². The molecule has 0 spiro atoms. The third-order valence-electron chi connectivity index (χ3n) is 3.69. The number of benzene rings is 1. The topological polar surface area (TPSA) is 59.1 Å². The van der Waals surface area contributed by atoms with Crippen LogP contribution in [0.3, 0.4) is 0 Å². The Hall–Kier alpha value is -2.01. The second-order valence-corrected chi connectivity index (χ2v) is 5.88. The Kier molecular flexibility index (Phi) is 3.36. The first-order valence-corrected chi connectivity index (χ1v) is 7.32. The third kappa shape index (κ3) is 2.25. The number of thiazole rings is 1. The molecule has 1 saturated heterocycles. The van der Waals surface area contributed by atoms with Crippen LogP contribution >= 0.6 is 11.3 Å². The largest absolute Gasteiger partial charge is 0.296 e. The summed E-state index contributed by atoms with van der Waals surface area (Å²) in [5, 5.41) is 2.45. The van der Waals surface area contributed by atoms with Crippen LogP contribution in [0.1, 0.15) is 34.3 Å². The van der Waals surface area contributed by atoms with Crippen LogP contribution in [0.5, 0.6) is 0 Å². The summed E-state index contributed by atoms with van der Waals surface area (Å²) in [5.41, 5.74) is 3.79. The van der Waals surface area contributed by atoms with Crippen LogP contribution in [-0.2, 0) is 9.59 Å². The summed E-state index contributed by atoms with van der Waals surface area (Å²) < 4.78 is 0. The standard InChI is InChI=1S/C15H14N2O2S/c1-9-4-2-3-5-10(9)14-11(12-7-16-8-20-12)6-13(18)17-15(14)19/h2-5,7-8,11,14H,6H2,1H3,(H,17,18,19). The minimum atomic E-state index is -0.325. The van der Waals surface area contributed by atoms with Crippen molar-refractivity contribution >= 4 is 23.2 Å². The van der Waals surface area contributed by atoms with Crippen molar-refractivity contribution in [2.75, 3.05) is 0 Å². The van der Waals surface area contributed by atoms with Gasteiger partial charge in [-0.2, -0.15) is 0 Å². The Balaban J connectivity index is 2.07. The molecule has 1 aliphatic rings. The molecule has 5 heteroatoms. The number of hydrogen-bond acceptors (Lipinski definition) is 4. The first kappa shape index (κ1) is 13.0. The molecule has 1 aromatic heterocycles. The number of piperidine rings is 1. The lowest BCUT2D eigenvalue weighted by Gasteiger charge is -2.30. The summed E-state index contributed by atoms with van der Waals surface area (Å²) >= 11 is 1.49. The number of hydrogen-bond donors (Lipinski definition) is 1. The summed E-state index contributed by atoms with van der Waals surface area (Å²) in [6.07, 6.45) is 2.08. The van der Waals surface area contributed by atoms with E-state index in [0.717, 1.165) is 16.0 Å². The van der Waals surface area contributed by atoms with Crippen LogP contribution in [0.25, 0.3) is 0 Å². The lowest BCUT2D eigenvalue weighted by molar-refractivity contribution is -0.135. The van der Waals surface area contributed by atoms with E-state index < -0.39 is 0 Å². The van der Waals surface area contributed by atoms with Gasteiger partial charge >= 0.3 is 0 Å². The van der Waals surface area contributed by atoms with Crippen LogP contribution in [0.2, 0.25) is 0 Å². The highest BCUT2D eigenvalue weighted by molar-refractivity contribution is 7.09. The molecule has 0 radical (unpaired) electrons. The Bertz CT molecular complexity index is 652. The second kappa shape index (κ2) is 5.17. The summed E-state index contributed by atoms with van der Waals surface area (Å²) in [5.74, 6) is -0.869. The fraction of sp³-hybridized carbons (Fsp3) is 0.267. The van der Waals surface area contributed by atoms with E-state index in [1.807, 2.05) is 31.2 Å². The Morgan fingerprint density at radius 3 is 2.80 bits per heavy atom. The predicted octanol–water partition coefficient (Wildman–Crippen LogP) is 2.37. The van der Waals surface area contributed by atoms with Crippen LogP contribution in [-0.4, -0.2) is 16.8 Å². The summed E-state index contributed by atoms with van der Waals surface area (Å²) in [7, 11) is 0. The van der Waals surface area contributed by atoms with Crippen molar-refractivity contribution in [3.8, 4) is 0 Å². The number of nitrogens with one attached hydrogen (secondary N) is 1. The molecule has 1 N–H and O–H groups in total. The smallest absolute Gasteiger partial charge is 0.234 e. The van der Waals surface area contributed by atoms with Gasteiger partial charge < -0.3 is 0 Å². The predicted molar refractivity (Wildman–Crippen MR) is 76.5 cm³/mol. The maximum absolute atomic E-state index is 12.3. The Labute approximate surface area is 120 Å². The van der Waals surface area contributed by atoms with Crippen molar-refractivity contribution in [3.05, 3.63) is 52.0 Å². The first-order chi connectivity index (χ1) is 9.66. The number of carbonyl (C=O) groups excluding carboxylic acids is 2. The van der Waals surface area contributed by atoms with E-state index in [1.165, 1.54) is 11.3 Å². The monoisotopic (exact) mass is 286 g/mol. The zero-order chi connectivity index (χ0) is 14.1.